The molecule has 2 fully saturated rings. The van der Waals surface area contributed by atoms with Crippen molar-refractivity contribution in [2.45, 2.75) is 105 Å². The molecule has 33 heavy (non-hydrogen) atoms. The number of carbonyl (C=O) groups is 2. The van der Waals surface area contributed by atoms with E-state index in [-0.39, 0.29) is 29.9 Å². The Bertz CT molecular complexity index is 832. The predicted octanol–water partition coefficient (Wildman–Crippen LogP) is 4.89. The summed E-state index contributed by atoms with van der Waals surface area (Å²) in [6.45, 7) is 15.2. The summed E-state index contributed by atoms with van der Waals surface area (Å²) in [7, 11) is 0. The number of likely N-dealkylation sites (tertiary alicyclic amines) is 1. The van der Waals surface area contributed by atoms with Crippen LogP contribution >= 0.6 is 0 Å². The molecule has 1 aliphatic carbocycles. The summed E-state index contributed by atoms with van der Waals surface area (Å²) >= 11 is 0. The number of aromatic nitrogens is 3. The van der Waals surface area contributed by atoms with Gasteiger partial charge in [0.15, 0.2) is 0 Å². The average Bonchev–Trinajstić information content (AvgIpc) is 3.45. The third-order valence-corrected chi connectivity index (χ3v) is 6.22. The number of nitrogens with zero attached hydrogens (tertiary/aromatic N) is 4. The number of ether oxygens (including phenoxy) is 2. The summed E-state index contributed by atoms with van der Waals surface area (Å²) in [5.74, 6) is 1.03. The van der Waals surface area contributed by atoms with E-state index in [2.05, 4.69) is 35.5 Å². The van der Waals surface area contributed by atoms with Gasteiger partial charge in [-0.2, -0.15) is 0 Å². The third-order valence-electron chi connectivity index (χ3n) is 6.22. The van der Waals surface area contributed by atoms with Gasteiger partial charge in [0.1, 0.15) is 17.2 Å². The molecule has 8 heteroatoms. The fraction of sp³-hybridized carbons (Fsp3) is 0.840. The first-order valence-corrected chi connectivity index (χ1v) is 12.5. The number of hydrogen-bond acceptors (Lipinski definition) is 6. The van der Waals surface area contributed by atoms with Gasteiger partial charge in [0.2, 0.25) is 0 Å². The highest BCUT2D eigenvalue weighted by atomic mass is 16.6. The molecule has 1 saturated heterocycles. The molecule has 2 heterocycles. The van der Waals surface area contributed by atoms with Crippen LogP contribution in [0.2, 0.25) is 0 Å². The van der Waals surface area contributed by atoms with Gasteiger partial charge in [-0.25, -0.2) is 4.79 Å². The average molecular weight is 463 g/mol. The zero-order valence-corrected chi connectivity index (χ0v) is 21.5. The lowest BCUT2D eigenvalue weighted by atomic mass is 9.84. The Kier molecular flexibility index (Phi) is 7.74. The SMILES string of the molecule is CCOC(=O)[C@H]1CN(C(=O)OC(C)(C)C)CC[C@@H]1c1nnc(CCCC(C)(C)C)n1C1CC1. The molecule has 1 saturated carbocycles. The number of esters is 1. The Hall–Kier alpha value is -2.12. The van der Waals surface area contributed by atoms with Crippen LogP contribution in [0.25, 0.3) is 0 Å². The molecule has 2 atom stereocenters. The van der Waals surface area contributed by atoms with E-state index in [0.717, 1.165) is 43.8 Å². The molecule has 1 aromatic rings. The lowest BCUT2D eigenvalue weighted by Crippen LogP contribution is -2.48. The highest BCUT2D eigenvalue weighted by Gasteiger charge is 2.43. The van der Waals surface area contributed by atoms with E-state index < -0.39 is 11.5 Å². The Morgan fingerprint density at radius 2 is 1.76 bits per heavy atom. The molecule has 0 unspecified atom stereocenters. The minimum atomic E-state index is -0.582. The first-order valence-electron chi connectivity index (χ1n) is 12.5. The lowest BCUT2D eigenvalue weighted by molar-refractivity contribution is -0.150. The van der Waals surface area contributed by atoms with Crippen LogP contribution < -0.4 is 0 Å². The van der Waals surface area contributed by atoms with E-state index in [4.69, 9.17) is 9.47 Å². The molecule has 2 aliphatic rings. The van der Waals surface area contributed by atoms with Crippen molar-refractivity contribution in [3.05, 3.63) is 11.6 Å². The van der Waals surface area contributed by atoms with Crippen LogP contribution in [0.4, 0.5) is 4.79 Å². The molecule has 0 radical (unpaired) electrons. The van der Waals surface area contributed by atoms with Crippen LogP contribution in [0.5, 0.6) is 0 Å². The van der Waals surface area contributed by atoms with Crippen molar-refractivity contribution in [1.29, 1.82) is 0 Å². The van der Waals surface area contributed by atoms with Gasteiger partial charge in [-0.1, -0.05) is 20.8 Å². The summed E-state index contributed by atoms with van der Waals surface area (Å²) in [5, 5.41) is 9.18. The number of hydrogen-bond donors (Lipinski definition) is 0. The van der Waals surface area contributed by atoms with Crippen molar-refractivity contribution in [2.75, 3.05) is 19.7 Å². The van der Waals surface area contributed by atoms with Crippen LogP contribution in [-0.2, 0) is 20.7 Å². The number of carbonyl (C=O) groups excluding carboxylic acids is 2. The second kappa shape index (κ2) is 10.0. The molecule has 0 spiro atoms. The second-order valence-corrected chi connectivity index (χ2v) is 11.7. The van der Waals surface area contributed by atoms with E-state index in [0.29, 0.717) is 25.6 Å². The van der Waals surface area contributed by atoms with Gasteiger partial charge in [-0.3, -0.25) is 4.79 Å². The maximum Gasteiger partial charge on any atom is 0.410 e. The quantitative estimate of drug-likeness (QED) is 0.537. The van der Waals surface area contributed by atoms with E-state index in [1.165, 1.54) is 0 Å². The standard InChI is InChI=1S/C25H42N4O4/c1-8-32-22(30)19-16-28(23(31)33-25(5,6)7)15-13-18(19)21-27-26-20(29(21)17-11-12-17)10-9-14-24(2,3)4/h17-19H,8-16H2,1-7H3/t18-,19-/m0/s1. The molecule has 1 amide bonds. The predicted molar refractivity (Wildman–Crippen MR) is 126 cm³/mol. The second-order valence-electron chi connectivity index (χ2n) is 11.7. The van der Waals surface area contributed by atoms with Crippen molar-refractivity contribution in [1.82, 2.24) is 19.7 Å². The number of aryl methyl sites for hydroxylation is 1. The van der Waals surface area contributed by atoms with Crippen molar-refractivity contribution >= 4 is 12.1 Å². The smallest absolute Gasteiger partial charge is 0.410 e. The Morgan fingerprint density at radius 1 is 1.06 bits per heavy atom. The van der Waals surface area contributed by atoms with Crippen LogP contribution in [0.1, 0.15) is 104 Å². The van der Waals surface area contributed by atoms with E-state index in [1.807, 2.05) is 20.8 Å². The molecule has 186 valence electrons. The highest BCUT2D eigenvalue weighted by molar-refractivity contribution is 5.76. The Morgan fingerprint density at radius 3 is 2.33 bits per heavy atom. The monoisotopic (exact) mass is 462 g/mol. The van der Waals surface area contributed by atoms with Crippen LogP contribution in [0.15, 0.2) is 0 Å². The maximum atomic E-state index is 13.0. The van der Waals surface area contributed by atoms with Gasteiger partial charge in [0, 0.05) is 31.5 Å². The normalized spacial score (nSPS) is 21.7. The maximum absolute atomic E-state index is 13.0. The number of rotatable bonds is 7. The molecule has 8 nitrogen and oxygen atoms in total. The van der Waals surface area contributed by atoms with Crippen molar-refractivity contribution < 1.29 is 19.1 Å². The highest BCUT2D eigenvalue weighted by Crippen LogP contribution is 2.42. The summed E-state index contributed by atoms with van der Waals surface area (Å²) < 4.78 is 13.3. The Balaban J connectivity index is 1.81. The van der Waals surface area contributed by atoms with Crippen LogP contribution in [-0.4, -0.2) is 57.0 Å². The van der Waals surface area contributed by atoms with E-state index >= 15 is 0 Å². The minimum absolute atomic E-state index is 0.118. The van der Waals surface area contributed by atoms with E-state index in [9.17, 15) is 9.59 Å². The molecule has 1 aliphatic heterocycles. The summed E-state index contributed by atoms with van der Waals surface area (Å²) in [4.78, 5) is 27.3. The van der Waals surface area contributed by atoms with Crippen molar-refractivity contribution in [3.63, 3.8) is 0 Å². The minimum Gasteiger partial charge on any atom is -0.466 e. The van der Waals surface area contributed by atoms with Gasteiger partial charge in [0.05, 0.1) is 12.5 Å². The van der Waals surface area contributed by atoms with E-state index in [1.54, 1.807) is 11.8 Å². The first-order chi connectivity index (χ1) is 15.4. The first kappa shape index (κ1) is 25.5. The number of amides is 1. The van der Waals surface area contributed by atoms with Gasteiger partial charge < -0.3 is 18.9 Å². The third kappa shape index (κ3) is 6.93. The molecule has 0 bridgehead atoms. The zero-order chi connectivity index (χ0) is 24.4. The molecule has 0 aromatic carbocycles. The van der Waals surface area contributed by atoms with Gasteiger partial charge in [0.25, 0.3) is 0 Å². The fourth-order valence-electron chi connectivity index (χ4n) is 4.51. The van der Waals surface area contributed by atoms with Crippen LogP contribution in [0, 0.1) is 11.3 Å². The summed E-state index contributed by atoms with van der Waals surface area (Å²) in [6, 6.07) is 0.423. The summed E-state index contributed by atoms with van der Waals surface area (Å²) in [5.41, 5.74) is -0.293. The molecule has 3 rings (SSSR count). The molecule has 1 aromatic heterocycles. The van der Waals surface area contributed by atoms with Gasteiger partial charge in [-0.15, -0.1) is 10.2 Å². The summed E-state index contributed by atoms with van der Waals surface area (Å²) in [6.07, 6.45) is 5.57. The largest absolute Gasteiger partial charge is 0.466 e. The topological polar surface area (TPSA) is 86.6 Å². The fourth-order valence-corrected chi connectivity index (χ4v) is 4.51. The number of piperidine rings is 1. The molecular weight excluding hydrogens is 420 g/mol. The van der Waals surface area contributed by atoms with Gasteiger partial charge >= 0.3 is 12.1 Å². The van der Waals surface area contributed by atoms with Gasteiger partial charge in [-0.05, 0) is 65.2 Å². The van der Waals surface area contributed by atoms with Crippen molar-refractivity contribution in [2.24, 2.45) is 11.3 Å². The molecule has 0 N–H and O–H groups in total. The Labute approximate surface area is 198 Å². The van der Waals surface area contributed by atoms with Crippen molar-refractivity contribution in [3.8, 4) is 0 Å². The zero-order valence-electron chi connectivity index (χ0n) is 21.5. The lowest BCUT2D eigenvalue weighted by Gasteiger charge is -2.37. The molecular formula is C25H42N4O4. The van der Waals surface area contributed by atoms with Crippen LogP contribution in [0.3, 0.4) is 0 Å².